The van der Waals surface area contributed by atoms with Crippen molar-refractivity contribution in [3.8, 4) is 0 Å². The average molecular weight is 271 g/mol. The Hall–Kier alpha value is 0.160. The van der Waals surface area contributed by atoms with Crippen LogP contribution in [0, 0.1) is 5.92 Å². The zero-order valence-corrected chi connectivity index (χ0v) is 11.1. The Kier molecular flexibility index (Phi) is 6.03. The van der Waals surface area contributed by atoms with Gasteiger partial charge in [-0.05, 0) is 18.8 Å². The average Bonchev–Trinajstić information content (AvgIpc) is 2.97. The minimum absolute atomic E-state index is 0.0193. The molecule has 16 heavy (non-hydrogen) atoms. The molecule has 4 nitrogen and oxygen atoms in total. The summed E-state index contributed by atoms with van der Waals surface area (Å²) in [7, 11) is 1.77. The van der Waals surface area contributed by atoms with Crippen LogP contribution in [0.2, 0.25) is 0 Å². The third-order valence-electron chi connectivity index (χ3n) is 2.47. The summed E-state index contributed by atoms with van der Waals surface area (Å²) in [5.74, 6) is -0.0439. The van der Waals surface area contributed by atoms with E-state index in [9.17, 15) is 8.42 Å². The second-order valence-corrected chi connectivity index (χ2v) is 6.95. The molecule has 0 aliphatic heterocycles. The van der Waals surface area contributed by atoms with Gasteiger partial charge in [-0.1, -0.05) is 13.3 Å². The van der Waals surface area contributed by atoms with E-state index < -0.39 is 9.05 Å². The van der Waals surface area contributed by atoms with Gasteiger partial charge in [0.15, 0.2) is 0 Å². The van der Waals surface area contributed by atoms with Crippen LogP contribution in [0.1, 0.15) is 26.2 Å². The van der Waals surface area contributed by atoms with Crippen molar-refractivity contribution < 1.29 is 17.9 Å². The van der Waals surface area contributed by atoms with Crippen LogP contribution in [-0.4, -0.2) is 40.1 Å². The van der Waals surface area contributed by atoms with Crippen LogP contribution >= 0.6 is 10.7 Å². The maximum atomic E-state index is 10.9. The van der Waals surface area contributed by atoms with E-state index in [1.807, 2.05) is 6.92 Å². The summed E-state index contributed by atoms with van der Waals surface area (Å²) in [4.78, 5) is 0. The van der Waals surface area contributed by atoms with Crippen LogP contribution in [0.4, 0.5) is 0 Å². The van der Waals surface area contributed by atoms with Crippen LogP contribution in [-0.2, 0) is 18.5 Å². The Morgan fingerprint density at radius 1 is 1.38 bits per heavy atom. The van der Waals surface area contributed by atoms with Crippen molar-refractivity contribution in [2.45, 2.75) is 32.3 Å². The van der Waals surface area contributed by atoms with E-state index in [1.165, 1.54) is 0 Å². The molecule has 0 N–H and O–H groups in total. The van der Waals surface area contributed by atoms with E-state index in [2.05, 4.69) is 0 Å². The first-order chi connectivity index (χ1) is 7.51. The molecule has 1 saturated carbocycles. The summed E-state index contributed by atoms with van der Waals surface area (Å²) >= 11 is 0. The zero-order valence-electron chi connectivity index (χ0n) is 9.52. The fourth-order valence-corrected chi connectivity index (χ4v) is 2.75. The Morgan fingerprint density at radius 2 is 2.06 bits per heavy atom. The Labute approximate surface area is 102 Å². The highest BCUT2D eigenvalue weighted by Crippen LogP contribution is 2.22. The highest BCUT2D eigenvalue weighted by Gasteiger charge is 2.21. The second kappa shape index (κ2) is 6.79. The lowest BCUT2D eigenvalue weighted by atomic mass is 10.1. The van der Waals surface area contributed by atoms with Crippen molar-refractivity contribution >= 4 is 19.7 Å². The van der Waals surface area contributed by atoms with Crippen molar-refractivity contribution in [1.29, 1.82) is 0 Å². The highest BCUT2D eigenvalue weighted by atomic mass is 35.7. The lowest BCUT2D eigenvalue weighted by Gasteiger charge is -2.13. The fraction of sp³-hybridized carbons (Fsp3) is 1.00. The fourth-order valence-electron chi connectivity index (χ4n) is 1.32. The Balaban J connectivity index is 2.03. The molecule has 1 aliphatic rings. The molecule has 0 aromatic carbocycles. The topological polar surface area (TPSA) is 52.6 Å². The molecular weight excluding hydrogens is 252 g/mol. The van der Waals surface area contributed by atoms with E-state index in [4.69, 9.17) is 20.2 Å². The molecule has 96 valence electrons. The lowest BCUT2D eigenvalue weighted by Crippen LogP contribution is -2.18. The maximum absolute atomic E-state index is 10.9. The molecule has 0 heterocycles. The van der Waals surface area contributed by atoms with Crippen LogP contribution in [0.5, 0.6) is 0 Å². The first-order valence-corrected chi connectivity index (χ1v) is 8.10. The van der Waals surface area contributed by atoms with E-state index in [0.29, 0.717) is 25.9 Å². The minimum atomic E-state index is -3.42. The first kappa shape index (κ1) is 14.2. The number of rotatable bonds is 9. The van der Waals surface area contributed by atoms with Crippen LogP contribution in [0.25, 0.3) is 0 Å². The molecule has 1 atom stereocenters. The van der Waals surface area contributed by atoms with Gasteiger partial charge in [-0.15, -0.1) is 0 Å². The first-order valence-electron chi connectivity index (χ1n) is 5.63. The third-order valence-corrected chi connectivity index (χ3v) is 3.72. The number of halogens is 1. The summed E-state index contributed by atoms with van der Waals surface area (Å²) < 4.78 is 32.5. The van der Waals surface area contributed by atoms with Crippen LogP contribution in [0.15, 0.2) is 0 Å². The highest BCUT2D eigenvalue weighted by molar-refractivity contribution is 8.13. The molecule has 0 bridgehead atoms. The molecule has 0 amide bonds. The number of ether oxygens (including phenoxy) is 2. The predicted molar refractivity (Wildman–Crippen MR) is 63.2 cm³/mol. The molecule has 1 fully saturated rings. The van der Waals surface area contributed by atoms with Gasteiger partial charge in [0.2, 0.25) is 9.05 Å². The zero-order chi connectivity index (χ0) is 12.0. The summed E-state index contributed by atoms with van der Waals surface area (Å²) in [5, 5.41) is 0. The summed E-state index contributed by atoms with van der Waals surface area (Å²) in [5.41, 5.74) is 0. The van der Waals surface area contributed by atoms with Crippen molar-refractivity contribution in [2.24, 2.45) is 5.92 Å². The smallest absolute Gasteiger partial charge is 0.232 e. The summed E-state index contributed by atoms with van der Waals surface area (Å²) in [6, 6.07) is 0. The van der Waals surface area contributed by atoms with E-state index in [-0.39, 0.29) is 11.7 Å². The molecule has 0 aromatic rings. The lowest BCUT2D eigenvalue weighted by molar-refractivity contribution is 0.0292. The van der Waals surface area contributed by atoms with Gasteiger partial charge in [0.05, 0.1) is 31.7 Å². The monoisotopic (exact) mass is 270 g/mol. The molecular formula is C10H19ClO4S. The van der Waals surface area contributed by atoms with Gasteiger partial charge in [0.1, 0.15) is 0 Å². The normalized spacial score (nSPS) is 18.6. The predicted octanol–water partition coefficient (Wildman–Crippen LogP) is 1.78. The molecule has 1 aliphatic carbocycles. The Morgan fingerprint density at radius 3 is 2.56 bits per heavy atom. The van der Waals surface area contributed by atoms with Gasteiger partial charge < -0.3 is 9.47 Å². The summed E-state index contributed by atoms with van der Waals surface area (Å²) in [6.07, 6.45) is 3.49. The van der Waals surface area contributed by atoms with E-state index in [1.54, 1.807) is 0 Å². The maximum Gasteiger partial charge on any atom is 0.232 e. The minimum Gasteiger partial charge on any atom is -0.379 e. The molecule has 0 saturated heterocycles. The van der Waals surface area contributed by atoms with E-state index in [0.717, 1.165) is 19.3 Å². The quantitative estimate of drug-likeness (QED) is 0.473. The molecule has 0 radical (unpaired) electrons. The van der Waals surface area contributed by atoms with E-state index >= 15 is 0 Å². The molecule has 0 aromatic heterocycles. The number of hydrogen-bond acceptors (Lipinski definition) is 4. The van der Waals surface area contributed by atoms with Gasteiger partial charge in [0, 0.05) is 10.7 Å². The van der Waals surface area contributed by atoms with Crippen molar-refractivity contribution in [3.05, 3.63) is 0 Å². The molecule has 6 heteroatoms. The molecule has 1 unspecified atom stereocenters. The van der Waals surface area contributed by atoms with Crippen molar-refractivity contribution in [1.82, 2.24) is 0 Å². The van der Waals surface area contributed by atoms with Crippen LogP contribution < -0.4 is 0 Å². The van der Waals surface area contributed by atoms with Gasteiger partial charge in [-0.25, -0.2) is 8.42 Å². The van der Waals surface area contributed by atoms with Gasteiger partial charge >= 0.3 is 0 Å². The van der Waals surface area contributed by atoms with Crippen molar-refractivity contribution in [3.63, 3.8) is 0 Å². The van der Waals surface area contributed by atoms with Gasteiger partial charge in [-0.2, -0.15) is 0 Å². The standard InChI is InChI=1S/C10H19ClO4S/c1-2-9(8-16(11,12)13)7-14-5-6-15-10-3-4-10/h9-10H,2-8H2,1H3. The Bertz CT molecular complexity index is 287. The molecule has 0 spiro atoms. The SMILES string of the molecule is CCC(COCCOC1CC1)CS(=O)(=O)Cl. The summed E-state index contributed by atoms with van der Waals surface area (Å²) in [6.45, 7) is 3.47. The second-order valence-electron chi connectivity index (χ2n) is 4.12. The molecule has 1 rings (SSSR count). The largest absolute Gasteiger partial charge is 0.379 e. The van der Waals surface area contributed by atoms with Gasteiger partial charge in [-0.3, -0.25) is 0 Å². The third kappa shape index (κ3) is 7.44. The van der Waals surface area contributed by atoms with Crippen LogP contribution in [0.3, 0.4) is 0 Å². The van der Waals surface area contributed by atoms with Crippen molar-refractivity contribution in [2.75, 3.05) is 25.6 Å². The number of hydrogen-bond donors (Lipinski definition) is 0. The van der Waals surface area contributed by atoms with Gasteiger partial charge in [0.25, 0.3) is 0 Å².